The van der Waals surface area contributed by atoms with Gasteiger partial charge in [-0.1, -0.05) is 49.7 Å². The van der Waals surface area contributed by atoms with Crippen LogP contribution in [0.2, 0.25) is 5.02 Å². The average molecular weight is 238 g/mol. The summed E-state index contributed by atoms with van der Waals surface area (Å²) in [5.41, 5.74) is 1.19. The minimum atomic E-state index is 0.771. The fourth-order valence-corrected chi connectivity index (χ4v) is 1.47. The van der Waals surface area contributed by atoms with Crippen molar-refractivity contribution in [3.8, 4) is 0 Å². The van der Waals surface area contributed by atoms with E-state index in [1.807, 2.05) is 24.3 Å². The molecule has 0 unspecified atom stereocenters. The molecule has 0 amide bonds. The van der Waals surface area contributed by atoms with Gasteiger partial charge >= 0.3 is 0 Å². The van der Waals surface area contributed by atoms with E-state index in [9.17, 15) is 0 Å². The van der Waals surface area contributed by atoms with E-state index in [0.717, 1.165) is 24.0 Å². The quantitative estimate of drug-likeness (QED) is 0.738. The van der Waals surface area contributed by atoms with Crippen LogP contribution in [-0.2, 0) is 0 Å². The molecule has 0 saturated carbocycles. The molecule has 0 aliphatic carbocycles. The number of hydrogen-bond acceptors (Lipinski definition) is 1. The lowest BCUT2D eigenvalue weighted by Crippen LogP contribution is -2.16. The van der Waals surface area contributed by atoms with Gasteiger partial charge in [-0.25, -0.2) is 0 Å². The Morgan fingerprint density at radius 3 is 2.56 bits per heavy atom. The molecule has 16 heavy (non-hydrogen) atoms. The number of halogens is 1. The van der Waals surface area contributed by atoms with Gasteiger partial charge in [0.1, 0.15) is 0 Å². The minimum Gasteiger partial charge on any atom is -0.313 e. The van der Waals surface area contributed by atoms with Crippen LogP contribution in [0.25, 0.3) is 6.08 Å². The van der Waals surface area contributed by atoms with Crippen molar-refractivity contribution in [3.05, 3.63) is 40.9 Å². The van der Waals surface area contributed by atoms with Crippen molar-refractivity contribution < 1.29 is 0 Å². The Kier molecular flexibility index (Phi) is 6.20. The fraction of sp³-hybridized carbons (Fsp3) is 0.429. The van der Waals surface area contributed by atoms with E-state index < -0.39 is 0 Å². The lowest BCUT2D eigenvalue weighted by Gasteiger charge is -2.03. The smallest absolute Gasteiger partial charge is 0.0406 e. The molecule has 0 bridgehead atoms. The van der Waals surface area contributed by atoms with E-state index in [2.05, 4.69) is 31.3 Å². The molecule has 0 saturated heterocycles. The summed E-state index contributed by atoms with van der Waals surface area (Å²) in [7, 11) is 0. The summed E-state index contributed by atoms with van der Waals surface area (Å²) in [4.78, 5) is 0. The van der Waals surface area contributed by atoms with Gasteiger partial charge in [-0.3, -0.25) is 0 Å². The van der Waals surface area contributed by atoms with E-state index in [-0.39, 0.29) is 0 Å². The van der Waals surface area contributed by atoms with Crippen LogP contribution in [-0.4, -0.2) is 13.1 Å². The molecule has 1 aromatic rings. The summed E-state index contributed by atoms with van der Waals surface area (Å²) in [6, 6.07) is 7.86. The van der Waals surface area contributed by atoms with Gasteiger partial charge in [0.25, 0.3) is 0 Å². The summed E-state index contributed by atoms with van der Waals surface area (Å²) in [6.45, 7) is 6.49. The largest absolute Gasteiger partial charge is 0.313 e. The number of nitrogens with one attached hydrogen (secondary N) is 1. The Balaban J connectivity index is 2.19. The molecule has 0 heterocycles. The highest BCUT2D eigenvalue weighted by Gasteiger charge is 1.91. The van der Waals surface area contributed by atoms with Crippen molar-refractivity contribution in [2.75, 3.05) is 13.1 Å². The van der Waals surface area contributed by atoms with Crippen LogP contribution >= 0.6 is 11.6 Å². The molecule has 1 nitrogen and oxygen atoms in total. The first-order chi connectivity index (χ1) is 7.68. The van der Waals surface area contributed by atoms with Gasteiger partial charge in [0, 0.05) is 11.6 Å². The maximum Gasteiger partial charge on any atom is 0.0406 e. The molecule has 1 N–H and O–H groups in total. The maximum atomic E-state index is 5.81. The SMILES string of the molecule is CC(C)CCNC/C=C/c1ccc(Cl)cc1. The summed E-state index contributed by atoms with van der Waals surface area (Å²) in [5, 5.41) is 4.17. The van der Waals surface area contributed by atoms with Gasteiger partial charge in [-0.15, -0.1) is 0 Å². The molecule has 0 atom stereocenters. The Bertz CT molecular complexity index is 314. The first-order valence-electron chi connectivity index (χ1n) is 5.81. The second kappa shape index (κ2) is 7.48. The Hall–Kier alpha value is -0.790. The molecule has 1 aromatic carbocycles. The molecule has 0 aliphatic rings. The predicted octanol–water partition coefficient (Wildman–Crippen LogP) is 3.99. The monoisotopic (exact) mass is 237 g/mol. The third kappa shape index (κ3) is 5.94. The zero-order valence-corrected chi connectivity index (χ0v) is 10.8. The Labute approximate surface area is 104 Å². The molecule has 0 aliphatic heterocycles. The van der Waals surface area contributed by atoms with Gasteiger partial charge in [0.05, 0.1) is 0 Å². The van der Waals surface area contributed by atoms with Gasteiger partial charge < -0.3 is 5.32 Å². The van der Waals surface area contributed by atoms with E-state index in [1.165, 1.54) is 12.0 Å². The highest BCUT2D eigenvalue weighted by atomic mass is 35.5. The second-order valence-corrected chi connectivity index (χ2v) is 4.78. The highest BCUT2D eigenvalue weighted by molar-refractivity contribution is 6.30. The van der Waals surface area contributed by atoms with Crippen LogP contribution in [0.4, 0.5) is 0 Å². The van der Waals surface area contributed by atoms with Crippen molar-refractivity contribution >= 4 is 17.7 Å². The molecule has 0 spiro atoms. The third-order valence-corrected chi connectivity index (χ3v) is 2.59. The standard InChI is InChI=1S/C14H20ClN/c1-12(2)9-11-16-10-3-4-13-5-7-14(15)8-6-13/h3-8,12,16H,9-11H2,1-2H3/b4-3+. The van der Waals surface area contributed by atoms with Crippen LogP contribution in [0.1, 0.15) is 25.8 Å². The average Bonchev–Trinajstić information content (AvgIpc) is 2.25. The molecule has 0 aromatic heterocycles. The highest BCUT2D eigenvalue weighted by Crippen LogP contribution is 2.10. The van der Waals surface area contributed by atoms with E-state index in [1.54, 1.807) is 0 Å². The predicted molar refractivity (Wildman–Crippen MR) is 72.8 cm³/mol. The number of benzene rings is 1. The first kappa shape index (κ1) is 13.3. The van der Waals surface area contributed by atoms with Gasteiger partial charge in [0.2, 0.25) is 0 Å². The van der Waals surface area contributed by atoms with Crippen LogP contribution in [0.3, 0.4) is 0 Å². The van der Waals surface area contributed by atoms with E-state index in [0.29, 0.717) is 0 Å². The molecule has 0 radical (unpaired) electrons. The third-order valence-electron chi connectivity index (χ3n) is 2.34. The van der Waals surface area contributed by atoms with Gasteiger partial charge in [-0.2, -0.15) is 0 Å². The molecule has 1 rings (SSSR count). The Morgan fingerprint density at radius 1 is 1.25 bits per heavy atom. The zero-order valence-electron chi connectivity index (χ0n) is 10.0. The second-order valence-electron chi connectivity index (χ2n) is 4.34. The topological polar surface area (TPSA) is 12.0 Å². The molecule has 2 heteroatoms. The molecule has 0 fully saturated rings. The van der Waals surface area contributed by atoms with Crippen molar-refractivity contribution in [3.63, 3.8) is 0 Å². The van der Waals surface area contributed by atoms with Crippen molar-refractivity contribution in [2.24, 2.45) is 5.92 Å². The summed E-state index contributed by atoms with van der Waals surface area (Å²) in [5.74, 6) is 0.771. The summed E-state index contributed by atoms with van der Waals surface area (Å²) >= 11 is 5.81. The van der Waals surface area contributed by atoms with Crippen LogP contribution in [0.15, 0.2) is 30.3 Å². The van der Waals surface area contributed by atoms with Gasteiger partial charge in [-0.05, 0) is 36.6 Å². The van der Waals surface area contributed by atoms with E-state index >= 15 is 0 Å². The summed E-state index contributed by atoms with van der Waals surface area (Å²) < 4.78 is 0. The lowest BCUT2D eigenvalue weighted by atomic mass is 10.1. The minimum absolute atomic E-state index is 0.771. The summed E-state index contributed by atoms with van der Waals surface area (Å²) in [6.07, 6.45) is 5.48. The van der Waals surface area contributed by atoms with Gasteiger partial charge in [0.15, 0.2) is 0 Å². The normalized spacial score (nSPS) is 11.5. The first-order valence-corrected chi connectivity index (χ1v) is 6.19. The van der Waals surface area contributed by atoms with E-state index in [4.69, 9.17) is 11.6 Å². The number of rotatable bonds is 6. The maximum absolute atomic E-state index is 5.81. The molecular weight excluding hydrogens is 218 g/mol. The fourth-order valence-electron chi connectivity index (χ4n) is 1.35. The molecular formula is C14H20ClN. The zero-order chi connectivity index (χ0) is 11.8. The van der Waals surface area contributed by atoms with Crippen molar-refractivity contribution in [1.29, 1.82) is 0 Å². The van der Waals surface area contributed by atoms with Crippen molar-refractivity contribution in [2.45, 2.75) is 20.3 Å². The number of hydrogen-bond donors (Lipinski definition) is 1. The lowest BCUT2D eigenvalue weighted by molar-refractivity contribution is 0.553. The Morgan fingerprint density at radius 2 is 1.94 bits per heavy atom. The van der Waals surface area contributed by atoms with Crippen LogP contribution < -0.4 is 5.32 Å². The van der Waals surface area contributed by atoms with Crippen molar-refractivity contribution in [1.82, 2.24) is 5.32 Å². The molecule has 88 valence electrons. The van der Waals surface area contributed by atoms with Crippen LogP contribution in [0, 0.1) is 5.92 Å². The van der Waals surface area contributed by atoms with Crippen LogP contribution in [0.5, 0.6) is 0 Å².